The van der Waals surface area contributed by atoms with Crippen LogP contribution in [0.15, 0.2) is 17.5 Å². The highest BCUT2D eigenvalue weighted by atomic mass is 32.1. The topological polar surface area (TPSA) is 55.8 Å². The van der Waals surface area contributed by atoms with Crippen LogP contribution in [0, 0.1) is 0 Å². The van der Waals surface area contributed by atoms with Crippen molar-refractivity contribution in [2.24, 2.45) is 0 Å². The molecule has 74 valence electrons. The van der Waals surface area contributed by atoms with Crippen LogP contribution in [0.4, 0.5) is 0 Å². The average molecular weight is 222 g/mol. The third-order valence-corrected chi connectivity index (χ3v) is 4.60. The fourth-order valence-corrected chi connectivity index (χ4v) is 2.98. The Morgan fingerprint density at radius 3 is 2.54 bits per heavy atom. The predicted molar refractivity (Wildman–Crippen MR) is 50.9 cm³/mol. The van der Waals surface area contributed by atoms with E-state index >= 15 is 0 Å². The number of hydrogen-bond acceptors (Lipinski definition) is 5. The van der Waals surface area contributed by atoms with Gasteiger partial charge in [0.1, 0.15) is 0 Å². The number of aliphatic hydroxyl groups is 1. The standard InChI is InChI=1S/C7H11O4PS/c1-10-12(9,11-2)7(8)6-4-3-5-13-6/h3-5,7-8H,1-2H3/t7-/m1/s1. The molecule has 13 heavy (non-hydrogen) atoms. The molecular formula is C7H11O4PS. The van der Waals surface area contributed by atoms with Crippen molar-refractivity contribution in [3.8, 4) is 0 Å². The normalized spacial score (nSPS) is 14.4. The highest BCUT2D eigenvalue weighted by Gasteiger charge is 2.34. The molecule has 0 saturated heterocycles. The molecule has 0 aliphatic heterocycles. The first-order valence-electron chi connectivity index (χ1n) is 3.56. The summed E-state index contributed by atoms with van der Waals surface area (Å²) in [6.07, 6.45) is 0. The second kappa shape index (κ2) is 4.35. The molecule has 0 aliphatic rings. The predicted octanol–water partition coefficient (Wildman–Crippen LogP) is 2.22. The summed E-state index contributed by atoms with van der Waals surface area (Å²) in [5.74, 6) is -1.19. The fraction of sp³-hybridized carbons (Fsp3) is 0.429. The SMILES string of the molecule is COP(=O)(OC)[C@@H](O)c1cccs1. The van der Waals surface area contributed by atoms with Crippen LogP contribution < -0.4 is 0 Å². The highest BCUT2D eigenvalue weighted by molar-refractivity contribution is 7.54. The Morgan fingerprint density at radius 2 is 2.15 bits per heavy atom. The lowest BCUT2D eigenvalue weighted by atomic mass is 10.5. The van der Waals surface area contributed by atoms with E-state index in [2.05, 4.69) is 9.05 Å². The van der Waals surface area contributed by atoms with Gasteiger partial charge in [-0.25, -0.2) is 0 Å². The van der Waals surface area contributed by atoms with E-state index in [1.165, 1.54) is 25.6 Å². The van der Waals surface area contributed by atoms with Crippen LogP contribution in [0.2, 0.25) is 0 Å². The van der Waals surface area contributed by atoms with Crippen molar-refractivity contribution < 1.29 is 18.7 Å². The fourth-order valence-electron chi connectivity index (χ4n) is 0.868. The molecule has 0 aliphatic carbocycles. The molecule has 1 aromatic rings. The Hall–Kier alpha value is -0.190. The zero-order chi connectivity index (χ0) is 9.90. The molecule has 4 nitrogen and oxygen atoms in total. The van der Waals surface area contributed by atoms with Crippen molar-refractivity contribution in [3.63, 3.8) is 0 Å². The second-order valence-corrected chi connectivity index (χ2v) is 5.57. The van der Waals surface area contributed by atoms with Gasteiger partial charge < -0.3 is 14.2 Å². The van der Waals surface area contributed by atoms with Gasteiger partial charge in [0, 0.05) is 19.1 Å². The van der Waals surface area contributed by atoms with Crippen LogP contribution in [-0.4, -0.2) is 19.3 Å². The summed E-state index contributed by atoms with van der Waals surface area (Å²) in [6, 6.07) is 3.44. The van der Waals surface area contributed by atoms with Gasteiger partial charge in [-0.05, 0) is 11.4 Å². The summed E-state index contributed by atoms with van der Waals surface area (Å²) in [4.78, 5) is 0.576. The molecule has 0 bridgehead atoms. The number of rotatable bonds is 4. The molecular weight excluding hydrogens is 211 g/mol. The molecule has 6 heteroatoms. The highest BCUT2D eigenvalue weighted by Crippen LogP contribution is 2.58. The molecule has 0 fully saturated rings. The summed E-state index contributed by atoms with van der Waals surface area (Å²) < 4.78 is 21.0. The van der Waals surface area contributed by atoms with Crippen LogP contribution in [0.3, 0.4) is 0 Å². The third-order valence-electron chi connectivity index (χ3n) is 1.61. The first-order chi connectivity index (χ1) is 6.14. The molecule has 1 heterocycles. The number of thiophene rings is 1. The maximum absolute atomic E-state index is 11.7. The van der Waals surface area contributed by atoms with E-state index in [0.717, 1.165) is 0 Å². The molecule has 0 aromatic carbocycles. The van der Waals surface area contributed by atoms with Crippen molar-refractivity contribution >= 4 is 18.9 Å². The Bertz CT molecular complexity index is 289. The van der Waals surface area contributed by atoms with Crippen molar-refractivity contribution in [1.29, 1.82) is 0 Å². The summed E-state index contributed by atoms with van der Waals surface area (Å²) in [7, 11) is -0.893. The average Bonchev–Trinajstić information content (AvgIpc) is 2.68. The summed E-state index contributed by atoms with van der Waals surface area (Å²) >= 11 is 1.31. The van der Waals surface area contributed by atoms with Crippen molar-refractivity contribution in [3.05, 3.63) is 22.4 Å². The Morgan fingerprint density at radius 1 is 1.54 bits per heavy atom. The summed E-state index contributed by atoms with van der Waals surface area (Å²) in [5.41, 5.74) is 0. The van der Waals surface area contributed by atoms with E-state index in [4.69, 9.17) is 0 Å². The van der Waals surface area contributed by atoms with Crippen molar-refractivity contribution in [2.45, 2.75) is 5.85 Å². The van der Waals surface area contributed by atoms with Crippen LogP contribution in [-0.2, 0) is 13.6 Å². The summed E-state index contributed by atoms with van der Waals surface area (Å²) in [5, 5.41) is 11.4. The Balaban J connectivity index is 2.89. The largest absolute Gasteiger partial charge is 0.376 e. The zero-order valence-corrected chi connectivity index (χ0v) is 9.05. The van der Waals surface area contributed by atoms with E-state index in [1.54, 1.807) is 17.5 Å². The lowest BCUT2D eigenvalue weighted by Gasteiger charge is -2.18. The lowest BCUT2D eigenvalue weighted by molar-refractivity contribution is 0.178. The van der Waals surface area contributed by atoms with E-state index in [-0.39, 0.29) is 0 Å². The van der Waals surface area contributed by atoms with Crippen molar-refractivity contribution in [1.82, 2.24) is 0 Å². The molecule has 0 saturated carbocycles. The van der Waals surface area contributed by atoms with Crippen molar-refractivity contribution in [2.75, 3.05) is 14.2 Å². The summed E-state index contributed by atoms with van der Waals surface area (Å²) in [6.45, 7) is 0. The van der Waals surface area contributed by atoms with Crippen LogP contribution in [0.25, 0.3) is 0 Å². The third kappa shape index (κ3) is 2.18. The Labute approximate surface area is 80.7 Å². The molecule has 1 atom stereocenters. The first-order valence-corrected chi connectivity index (χ1v) is 6.06. The molecule has 1 aromatic heterocycles. The molecule has 1 N–H and O–H groups in total. The monoisotopic (exact) mass is 222 g/mol. The smallest absolute Gasteiger partial charge is 0.363 e. The van der Waals surface area contributed by atoms with Gasteiger partial charge in [0.15, 0.2) is 5.85 Å². The van der Waals surface area contributed by atoms with E-state index in [0.29, 0.717) is 4.88 Å². The molecule has 1 rings (SSSR count). The zero-order valence-electron chi connectivity index (χ0n) is 7.34. The van der Waals surface area contributed by atoms with E-state index < -0.39 is 13.4 Å². The van der Waals surface area contributed by atoms with Crippen LogP contribution in [0.5, 0.6) is 0 Å². The number of aliphatic hydroxyl groups excluding tert-OH is 1. The molecule has 0 unspecified atom stereocenters. The molecule has 0 amide bonds. The number of hydrogen-bond donors (Lipinski definition) is 1. The second-order valence-electron chi connectivity index (χ2n) is 2.29. The van der Waals surface area contributed by atoms with Gasteiger partial charge in [-0.15, -0.1) is 11.3 Å². The quantitative estimate of drug-likeness (QED) is 0.793. The molecule has 0 radical (unpaired) electrons. The lowest BCUT2D eigenvalue weighted by Crippen LogP contribution is -2.00. The van der Waals surface area contributed by atoms with Crippen LogP contribution in [0.1, 0.15) is 10.7 Å². The van der Waals surface area contributed by atoms with Gasteiger partial charge in [-0.2, -0.15) is 0 Å². The first kappa shape index (κ1) is 10.9. The van der Waals surface area contributed by atoms with Gasteiger partial charge in [0.25, 0.3) is 0 Å². The Kier molecular flexibility index (Phi) is 3.64. The minimum atomic E-state index is -3.39. The van der Waals surface area contributed by atoms with E-state index in [9.17, 15) is 9.67 Å². The maximum atomic E-state index is 11.7. The van der Waals surface area contributed by atoms with E-state index in [1.807, 2.05) is 0 Å². The maximum Gasteiger partial charge on any atom is 0.363 e. The van der Waals surface area contributed by atoms with Gasteiger partial charge in [0.2, 0.25) is 0 Å². The van der Waals surface area contributed by atoms with Gasteiger partial charge in [-0.1, -0.05) is 6.07 Å². The van der Waals surface area contributed by atoms with Gasteiger partial charge >= 0.3 is 7.60 Å². The molecule has 0 spiro atoms. The van der Waals surface area contributed by atoms with Gasteiger partial charge in [-0.3, -0.25) is 4.57 Å². The van der Waals surface area contributed by atoms with Crippen LogP contribution >= 0.6 is 18.9 Å². The minimum absolute atomic E-state index is 0.576. The van der Waals surface area contributed by atoms with Gasteiger partial charge in [0.05, 0.1) is 0 Å². The minimum Gasteiger partial charge on any atom is -0.376 e.